The monoisotopic (exact) mass is 232 g/mol. The molecule has 1 saturated carbocycles. The van der Waals surface area contributed by atoms with Gasteiger partial charge >= 0.3 is 11.9 Å². The Kier molecular flexibility index (Phi) is 4.26. The van der Waals surface area contributed by atoms with Gasteiger partial charge in [0, 0.05) is 6.42 Å². The van der Waals surface area contributed by atoms with Crippen LogP contribution in [0.25, 0.3) is 0 Å². The minimum absolute atomic E-state index is 0.120. The first-order valence-electron chi connectivity index (χ1n) is 5.54. The zero-order chi connectivity index (χ0) is 12.2. The Balaban J connectivity index is 2.60. The third-order valence-corrected chi connectivity index (χ3v) is 2.50. The van der Waals surface area contributed by atoms with Crippen molar-refractivity contribution in [2.24, 2.45) is 5.92 Å². The molecule has 0 aromatic heterocycles. The van der Waals surface area contributed by atoms with Gasteiger partial charge in [-0.05, 0) is 26.7 Å². The fourth-order valence-corrected chi connectivity index (χ4v) is 1.45. The average molecular weight is 232 g/mol. The maximum absolute atomic E-state index is 13.5. The van der Waals surface area contributed by atoms with E-state index in [2.05, 4.69) is 0 Å². The third-order valence-electron chi connectivity index (χ3n) is 2.50. The lowest BCUT2D eigenvalue weighted by Gasteiger charge is -2.15. The Hall–Kier alpha value is -1.13. The van der Waals surface area contributed by atoms with Crippen LogP contribution in [-0.4, -0.2) is 30.8 Å². The second-order valence-electron chi connectivity index (χ2n) is 3.91. The van der Waals surface area contributed by atoms with Crippen LogP contribution in [0.4, 0.5) is 4.39 Å². The van der Waals surface area contributed by atoms with Gasteiger partial charge in [-0.15, -0.1) is 0 Å². The van der Waals surface area contributed by atoms with Crippen LogP contribution < -0.4 is 0 Å². The molecule has 16 heavy (non-hydrogen) atoms. The summed E-state index contributed by atoms with van der Waals surface area (Å²) in [5.74, 6) is -2.50. The summed E-state index contributed by atoms with van der Waals surface area (Å²) in [5.41, 5.74) is -1.37. The first-order valence-corrected chi connectivity index (χ1v) is 5.54. The van der Waals surface area contributed by atoms with Gasteiger partial charge in [0.15, 0.2) is 5.92 Å². The normalized spacial score (nSPS) is 17.0. The molecule has 0 saturated heterocycles. The molecule has 0 radical (unpaired) electrons. The molecule has 1 rings (SSSR count). The van der Waals surface area contributed by atoms with Gasteiger partial charge in [-0.2, -0.15) is 0 Å². The predicted molar refractivity (Wildman–Crippen MR) is 54.4 cm³/mol. The van der Waals surface area contributed by atoms with E-state index in [4.69, 9.17) is 9.47 Å². The van der Waals surface area contributed by atoms with Crippen molar-refractivity contribution >= 4 is 11.9 Å². The molecule has 1 aliphatic carbocycles. The molecule has 0 N–H and O–H groups in total. The van der Waals surface area contributed by atoms with Crippen molar-refractivity contribution in [3.8, 4) is 0 Å². The number of halogens is 1. The quantitative estimate of drug-likeness (QED) is 0.516. The summed E-state index contributed by atoms with van der Waals surface area (Å²) in [4.78, 5) is 23.0. The van der Waals surface area contributed by atoms with Crippen molar-refractivity contribution in [1.29, 1.82) is 0 Å². The van der Waals surface area contributed by atoms with Gasteiger partial charge in [0.2, 0.25) is 0 Å². The fraction of sp³-hybridized carbons (Fsp3) is 0.818. The summed E-state index contributed by atoms with van der Waals surface area (Å²) >= 11 is 0. The third kappa shape index (κ3) is 3.47. The largest absolute Gasteiger partial charge is 0.465 e. The van der Waals surface area contributed by atoms with E-state index in [1.54, 1.807) is 13.8 Å². The molecule has 0 heterocycles. The Labute approximate surface area is 94.1 Å². The molecule has 0 atom stereocenters. The van der Waals surface area contributed by atoms with Crippen LogP contribution in [0.5, 0.6) is 0 Å². The number of hydrogen-bond acceptors (Lipinski definition) is 4. The molecule has 0 aromatic rings. The van der Waals surface area contributed by atoms with Crippen LogP contribution in [0, 0.1) is 5.92 Å². The summed E-state index contributed by atoms with van der Waals surface area (Å²) < 4.78 is 23.0. The van der Waals surface area contributed by atoms with Crippen molar-refractivity contribution in [3.63, 3.8) is 0 Å². The molecule has 1 aliphatic rings. The van der Waals surface area contributed by atoms with Crippen LogP contribution in [0.15, 0.2) is 0 Å². The maximum atomic E-state index is 13.5. The molecule has 0 bridgehead atoms. The van der Waals surface area contributed by atoms with E-state index >= 15 is 0 Å². The number of rotatable bonds is 6. The van der Waals surface area contributed by atoms with Gasteiger partial charge in [-0.25, -0.2) is 4.39 Å². The lowest BCUT2D eigenvalue weighted by atomic mass is 10.0. The minimum atomic E-state index is -1.37. The maximum Gasteiger partial charge on any atom is 0.320 e. The summed E-state index contributed by atoms with van der Waals surface area (Å²) in [7, 11) is 0. The van der Waals surface area contributed by atoms with E-state index in [1.807, 2.05) is 0 Å². The van der Waals surface area contributed by atoms with Gasteiger partial charge in [0.25, 0.3) is 0 Å². The van der Waals surface area contributed by atoms with E-state index < -0.39 is 23.5 Å². The van der Waals surface area contributed by atoms with E-state index in [-0.39, 0.29) is 19.6 Å². The number of esters is 2. The topological polar surface area (TPSA) is 52.6 Å². The molecule has 5 heteroatoms. The van der Waals surface area contributed by atoms with E-state index in [9.17, 15) is 14.0 Å². The van der Waals surface area contributed by atoms with Gasteiger partial charge < -0.3 is 9.47 Å². The number of carbonyl (C=O) groups excluding carboxylic acids is 2. The van der Waals surface area contributed by atoms with E-state index in [1.165, 1.54) is 0 Å². The van der Waals surface area contributed by atoms with Crippen molar-refractivity contribution in [1.82, 2.24) is 0 Å². The number of ether oxygens (including phenoxy) is 2. The Morgan fingerprint density at radius 1 is 1.19 bits per heavy atom. The van der Waals surface area contributed by atoms with Crippen LogP contribution >= 0.6 is 0 Å². The van der Waals surface area contributed by atoms with Crippen LogP contribution in [0.3, 0.4) is 0 Å². The van der Waals surface area contributed by atoms with E-state index in [0.29, 0.717) is 12.8 Å². The van der Waals surface area contributed by atoms with Gasteiger partial charge in [-0.1, -0.05) is 0 Å². The minimum Gasteiger partial charge on any atom is -0.465 e. The summed E-state index contributed by atoms with van der Waals surface area (Å²) in [5, 5.41) is 0. The standard InChI is InChI=1S/C11H17FO4/c1-3-15-9(13)8(10(14)16-4-2)7-11(12)5-6-11/h8H,3-7H2,1-2H3. The highest BCUT2D eigenvalue weighted by atomic mass is 19.1. The zero-order valence-electron chi connectivity index (χ0n) is 9.62. The van der Waals surface area contributed by atoms with Gasteiger partial charge in [-0.3, -0.25) is 9.59 Å². The van der Waals surface area contributed by atoms with Crippen molar-refractivity contribution in [2.45, 2.75) is 38.8 Å². The Bertz CT molecular complexity index is 255. The number of hydrogen-bond donors (Lipinski definition) is 0. The SMILES string of the molecule is CCOC(=O)C(CC1(F)CC1)C(=O)OCC. The Morgan fingerprint density at radius 3 is 1.94 bits per heavy atom. The average Bonchev–Trinajstić information content (AvgIpc) is 2.94. The molecule has 0 unspecified atom stereocenters. The number of alkyl halides is 1. The molecule has 0 spiro atoms. The smallest absolute Gasteiger partial charge is 0.320 e. The highest BCUT2D eigenvalue weighted by molar-refractivity contribution is 5.95. The number of carbonyl (C=O) groups is 2. The lowest BCUT2D eigenvalue weighted by molar-refractivity contribution is -0.162. The highest BCUT2D eigenvalue weighted by Crippen LogP contribution is 2.45. The lowest BCUT2D eigenvalue weighted by Crippen LogP contribution is -2.31. The molecule has 92 valence electrons. The fourth-order valence-electron chi connectivity index (χ4n) is 1.45. The van der Waals surface area contributed by atoms with Gasteiger partial charge in [0.1, 0.15) is 5.67 Å². The highest BCUT2D eigenvalue weighted by Gasteiger charge is 2.48. The molecule has 4 nitrogen and oxygen atoms in total. The molecular weight excluding hydrogens is 215 g/mol. The molecule has 0 aliphatic heterocycles. The van der Waals surface area contributed by atoms with Crippen LogP contribution in [-0.2, 0) is 19.1 Å². The molecule has 0 amide bonds. The van der Waals surface area contributed by atoms with Crippen LogP contribution in [0.1, 0.15) is 33.1 Å². The molecule has 0 aromatic carbocycles. The second-order valence-corrected chi connectivity index (χ2v) is 3.91. The molecule has 1 fully saturated rings. The van der Waals surface area contributed by atoms with Crippen molar-refractivity contribution in [3.05, 3.63) is 0 Å². The summed E-state index contributed by atoms with van der Waals surface area (Å²) in [6.45, 7) is 3.63. The summed E-state index contributed by atoms with van der Waals surface area (Å²) in [6, 6.07) is 0. The van der Waals surface area contributed by atoms with Gasteiger partial charge in [0.05, 0.1) is 13.2 Å². The second kappa shape index (κ2) is 5.27. The Morgan fingerprint density at radius 2 is 1.62 bits per heavy atom. The first-order chi connectivity index (χ1) is 7.52. The van der Waals surface area contributed by atoms with Crippen molar-refractivity contribution < 1.29 is 23.5 Å². The van der Waals surface area contributed by atoms with Crippen molar-refractivity contribution in [2.75, 3.05) is 13.2 Å². The van der Waals surface area contributed by atoms with Crippen LogP contribution in [0.2, 0.25) is 0 Å². The summed E-state index contributed by atoms with van der Waals surface area (Å²) in [6.07, 6.45) is 0.690. The first kappa shape index (κ1) is 12.9. The zero-order valence-corrected chi connectivity index (χ0v) is 9.62. The predicted octanol–water partition coefficient (Wildman–Crippen LogP) is 1.62. The molecular formula is C11H17FO4. The van der Waals surface area contributed by atoms with E-state index in [0.717, 1.165) is 0 Å².